The number of rotatable bonds is 3. The molecule has 3 rings (SSSR count). The van der Waals surface area contributed by atoms with E-state index in [1.165, 1.54) is 6.26 Å². The van der Waals surface area contributed by atoms with Crippen LogP contribution in [0.2, 0.25) is 5.02 Å². The lowest BCUT2D eigenvalue weighted by atomic mass is 9.84. The molecule has 0 atom stereocenters. The highest BCUT2D eigenvalue weighted by molar-refractivity contribution is 7.90. The standard InChI is InChI=1S/C18H20ClNO3S/c1-24(22,23)17-9-5-4-8-16(17)20-12-10-18(21,11-13-20)14-6-2-3-7-15(14)19/h2-9,21H,10-13H2,1H3. The van der Waals surface area contributed by atoms with E-state index in [0.717, 1.165) is 5.56 Å². The Kier molecular flexibility index (Phi) is 4.60. The van der Waals surface area contributed by atoms with Crippen molar-refractivity contribution < 1.29 is 13.5 Å². The molecule has 128 valence electrons. The van der Waals surface area contributed by atoms with Crippen LogP contribution in [0.4, 0.5) is 5.69 Å². The van der Waals surface area contributed by atoms with E-state index in [0.29, 0.717) is 41.5 Å². The van der Waals surface area contributed by atoms with Gasteiger partial charge in [0.15, 0.2) is 9.84 Å². The van der Waals surface area contributed by atoms with Crippen molar-refractivity contribution >= 4 is 27.1 Å². The lowest BCUT2D eigenvalue weighted by molar-refractivity contribution is 0.0118. The van der Waals surface area contributed by atoms with E-state index in [1.807, 2.05) is 35.2 Å². The first-order chi connectivity index (χ1) is 11.3. The van der Waals surface area contributed by atoms with Gasteiger partial charge in [-0.3, -0.25) is 0 Å². The molecule has 0 saturated carbocycles. The highest BCUT2D eigenvalue weighted by atomic mass is 35.5. The Bertz CT molecular complexity index is 843. The van der Waals surface area contributed by atoms with Gasteiger partial charge in [-0.05, 0) is 31.0 Å². The molecule has 2 aromatic rings. The molecule has 1 aliphatic heterocycles. The molecule has 0 spiro atoms. The van der Waals surface area contributed by atoms with Gasteiger partial charge in [-0.25, -0.2) is 8.42 Å². The van der Waals surface area contributed by atoms with E-state index in [2.05, 4.69) is 0 Å². The number of hydrogen-bond acceptors (Lipinski definition) is 4. The number of hydrogen-bond donors (Lipinski definition) is 1. The van der Waals surface area contributed by atoms with Gasteiger partial charge in [0.1, 0.15) is 0 Å². The molecule has 0 unspecified atom stereocenters. The van der Waals surface area contributed by atoms with Crippen LogP contribution in [0.15, 0.2) is 53.4 Å². The van der Waals surface area contributed by atoms with Gasteiger partial charge in [0.2, 0.25) is 0 Å². The minimum atomic E-state index is -3.30. The highest BCUT2D eigenvalue weighted by Crippen LogP contribution is 2.38. The van der Waals surface area contributed by atoms with Crippen LogP contribution in [-0.4, -0.2) is 32.9 Å². The first-order valence-electron chi connectivity index (χ1n) is 7.83. The first kappa shape index (κ1) is 17.3. The fraction of sp³-hybridized carbons (Fsp3) is 0.333. The molecule has 0 amide bonds. The van der Waals surface area contributed by atoms with Gasteiger partial charge in [-0.15, -0.1) is 0 Å². The number of para-hydroxylation sites is 1. The third-order valence-electron chi connectivity index (χ3n) is 4.57. The molecule has 24 heavy (non-hydrogen) atoms. The predicted octanol–water partition coefficient (Wildman–Crippen LogP) is 3.23. The number of piperidine rings is 1. The second-order valence-corrected chi connectivity index (χ2v) is 8.63. The van der Waals surface area contributed by atoms with Crippen molar-refractivity contribution in [2.75, 3.05) is 24.2 Å². The van der Waals surface area contributed by atoms with Crippen LogP contribution in [0, 0.1) is 0 Å². The van der Waals surface area contributed by atoms with Crippen LogP contribution in [0.5, 0.6) is 0 Å². The zero-order valence-electron chi connectivity index (χ0n) is 13.4. The Morgan fingerprint density at radius 1 is 1.04 bits per heavy atom. The molecular formula is C18H20ClNO3S. The summed E-state index contributed by atoms with van der Waals surface area (Å²) >= 11 is 6.23. The minimum absolute atomic E-state index is 0.327. The average Bonchev–Trinajstić information content (AvgIpc) is 2.55. The van der Waals surface area contributed by atoms with Gasteiger partial charge < -0.3 is 10.0 Å². The number of nitrogens with zero attached hydrogens (tertiary/aromatic N) is 1. The molecule has 6 heteroatoms. The quantitative estimate of drug-likeness (QED) is 0.907. The van der Waals surface area contributed by atoms with Crippen LogP contribution in [0.1, 0.15) is 18.4 Å². The molecule has 4 nitrogen and oxygen atoms in total. The van der Waals surface area contributed by atoms with E-state index >= 15 is 0 Å². The number of sulfone groups is 1. The molecule has 1 heterocycles. The largest absolute Gasteiger partial charge is 0.385 e. The Morgan fingerprint density at radius 3 is 2.25 bits per heavy atom. The molecule has 0 bridgehead atoms. The van der Waals surface area contributed by atoms with E-state index in [-0.39, 0.29) is 0 Å². The van der Waals surface area contributed by atoms with E-state index < -0.39 is 15.4 Å². The van der Waals surface area contributed by atoms with Crippen molar-refractivity contribution in [2.45, 2.75) is 23.3 Å². The van der Waals surface area contributed by atoms with Crippen molar-refractivity contribution in [3.63, 3.8) is 0 Å². The van der Waals surface area contributed by atoms with Crippen molar-refractivity contribution in [2.24, 2.45) is 0 Å². The summed E-state index contributed by atoms with van der Waals surface area (Å²) in [7, 11) is -3.30. The lowest BCUT2D eigenvalue weighted by Crippen LogP contribution is -2.43. The summed E-state index contributed by atoms with van der Waals surface area (Å²) in [6.07, 6.45) is 2.21. The van der Waals surface area contributed by atoms with Crippen LogP contribution in [-0.2, 0) is 15.4 Å². The number of benzene rings is 2. The number of aliphatic hydroxyl groups is 1. The van der Waals surface area contributed by atoms with E-state index in [4.69, 9.17) is 11.6 Å². The first-order valence-corrected chi connectivity index (χ1v) is 10.1. The molecule has 1 N–H and O–H groups in total. The summed E-state index contributed by atoms with van der Waals surface area (Å²) in [4.78, 5) is 2.34. The lowest BCUT2D eigenvalue weighted by Gasteiger charge is -2.40. The van der Waals surface area contributed by atoms with Gasteiger partial charge >= 0.3 is 0 Å². The van der Waals surface area contributed by atoms with Gasteiger partial charge in [0.05, 0.1) is 16.2 Å². The van der Waals surface area contributed by atoms with Crippen LogP contribution >= 0.6 is 11.6 Å². The number of halogens is 1. The van der Waals surface area contributed by atoms with Crippen LogP contribution < -0.4 is 4.90 Å². The molecule has 1 saturated heterocycles. The second-order valence-electron chi connectivity index (χ2n) is 6.24. The zero-order valence-corrected chi connectivity index (χ0v) is 15.0. The van der Waals surface area contributed by atoms with Crippen LogP contribution in [0.25, 0.3) is 0 Å². The Hall–Kier alpha value is -1.56. The van der Waals surface area contributed by atoms with Gasteiger partial charge in [0, 0.05) is 29.9 Å². The van der Waals surface area contributed by atoms with Crippen molar-refractivity contribution in [1.29, 1.82) is 0 Å². The second kappa shape index (κ2) is 6.39. The third-order valence-corrected chi connectivity index (χ3v) is 6.04. The van der Waals surface area contributed by atoms with Gasteiger partial charge in [-0.2, -0.15) is 0 Å². The summed E-state index contributed by atoms with van der Waals surface area (Å²) in [5.74, 6) is 0. The minimum Gasteiger partial charge on any atom is -0.385 e. The smallest absolute Gasteiger partial charge is 0.177 e. The molecular weight excluding hydrogens is 346 g/mol. The number of anilines is 1. The Balaban J connectivity index is 1.85. The predicted molar refractivity (Wildman–Crippen MR) is 96.3 cm³/mol. The molecule has 1 fully saturated rings. The molecule has 1 aliphatic rings. The summed E-state index contributed by atoms with van der Waals surface area (Å²) in [5.41, 5.74) is 0.457. The van der Waals surface area contributed by atoms with E-state index in [1.54, 1.807) is 18.2 Å². The normalized spacial score (nSPS) is 17.7. The van der Waals surface area contributed by atoms with Gasteiger partial charge in [0.25, 0.3) is 0 Å². The zero-order chi connectivity index (χ0) is 17.4. The van der Waals surface area contributed by atoms with E-state index in [9.17, 15) is 13.5 Å². The SMILES string of the molecule is CS(=O)(=O)c1ccccc1N1CCC(O)(c2ccccc2Cl)CC1. The summed E-state index contributed by atoms with van der Waals surface area (Å²) in [6.45, 7) is 1.13. The van der Waals surface area contributed by atoms with Crippen molar-refractivity contribution in [3.8, 4) is 0 Å². The van der Waals surface area contributed by atoms with Crippen LogP contribution in [0.3, 0.4) is 0 Å². The monoisotopic (exact) mass is 365 g/mol. The summed E-state index contributed by atoms with van der Waals surface area (Å²) < 4.78 is 24.0. The fourth-order valence-electron chi connectivity index (χ4n) is 3.26. The third kappa shape index (κ3) is 3.29. The van der Waals surface area contributed by atoms with Crippen molar-refractivity contribution in [3.05, 3.63) is 59.1 Å². The fourth-order valence-corrected chi connectivity index (χ4v) is 4.47. The molecule has 0 radical (unpaired) electrons. The molecule has 2 aromatic carbocycles. The maximum absolute atomic E-state index is 12.0. The summed E-state index contributed by atoms with van der Waals surface area (Å²) in [5, 5.41) is 11.5. The van der Waals surface area contributed by atoms with Crippen molar-refractivity contribution in [1.82, 2.24) is 0 Å². The molecule has 0 aromatic heterocycles. The Labute approximate surface area is 147 Å². The van der Waals surface area contributed by atoms with Gasteiger partial charge in [-0.1, -0.05) is 41.9 Å². The maximum Gasteiger partial charge on any atom is 0.177 e. The highest BCUT2D eigenvalue weighted by Gasteiger charge is 2.36. The molecule has 0 aliphatic carbocycles. The average molecular weight is 366 g/mol. The summed E-state index contributed by atoms with van der Waals surface area (Å²) in [6, 6.07) is 14.3. The topological polar surface area (TPSA) is 57.6 Å². The Morgan fingerprint density at radius 2 is 1.62 bits per heavy atom. The maximum atomic E-state index is 12.0.